The fraction of sp³-hybridized carbons (Fsp3) is 0. The Hall–Kier alpha value is -1.51. The molecule has 1 aromatic carbocycles. The van der Waals surface area contributed by atoms with E-state index < -0.39 is 0 Å². The normalized spacial score (nSPS) is 10.1. The van der Waals surface area contributed by atoms with E-state index in [1.54, 1.807) is 29.1 Å². The number of halogens is 2. The molecule has 6 heteroatoms. The lowest BCUT2D eigenvalue weighted by Crippen LogP contribution is -1.97. The minimum Gasteiger partial charge on any atom is -0.381 e. The van der Waals surface area contributed by atoms with Crippen molar-refractivity contribution in [3.63, 3.8) is 0 Å². The van der Waals surface area contributed by atoms with Crippen molar-refractivity contribution in [2.75, 3.05) is 5.73 Å². The van der Waals surface area contributed by atoms with Gasteiger partial charge in [0.25, 0.3) is 0 Å². The number of nitriles is 1. The summed E-state index contributed by atoms with van der Waals surface area (Å²) in [7, 11) is 0. The van der Waals surface area contributed by atoms with Gasteiger partial charge in [-0.15, -0.1) is 5.10 Å². The largest absolute Gasteiger partial charge is 0.381 e. The van der Waals surface area contributed by atoms with E-state index in [2.05, 4.69) is 27.1 Å². The lowest BCUT2D eigenvalue weighted by Gasteiger charge is -2.03. The van der Waals surface area contributed by atoms with E-state index >= 15 is 0 Å². The Morgan fingerprint density at radius 3 is 2.75 bits per heavy atom. The molecule has 0 spiro atoms. The molecule has 0 unspecified atom stereocenters. The Balaban J connectivity index is 2.53. The van der Waals surface area contributed by atoms with Gasteiger partial charge in [0.05, 0.1) is 23.5 Å². The second kappa shape index (κ2) is 4.16. The quantitative estimate of drug-likeness (QED) is 0.880. The molecule has 0 amide bonds. The fourth-order valence-corrected chi connectivity index (χ4v) is 1.94. The summed E-state index contributed by atoms with van der Waals surface area (Å²) in [6.07, 6.45) is 1.61. The number of rotatable bonds is 1. The molecule has 0 radical (unpaired) electrons. The number of nitrogens with two attached hydrogens (primary N) is 1. The molecule has 2 N–H and O–H groups in total. The zero-order valence-electron chi connectivity index (χ0n) is 7.98. The minimum atomic E-state index is 0.276. The molecule has 0 fully saturated rings. The van der Waals surface area contributed by atoms with Crippen molar-refractivity contribution in [2.24, 2.45) is 0 Å². The third kappa shape index (κ3) is 1.90. The standard InChI is InChI=1S/C10H6BrClN4/c11-7-3-6(4-13)1-2-9(7)16-5-8(12)10(14)15-16/h1-3,5H,(H2,14,15). The van der Waals surface area contributed by atoms with Gasteiger partial charge < -0.3 is 5.73 Å². The molecule has 4 nitrogen and oxygen atoms in total. The molecule has 0 aliphatic heterocycles. The number of hydrogen-bond donors (Lipinski definition) is 1. The predicted octanol–water partition coefficient (Wildman–Crippen LogP) is 2.74. The van der Waals surface area contributed by atoms with E-state index in [1.807, 2.05) is 0 Å². The first-order valence-electron chi connectivity index (χ1n) is 4.32. The van der Waals surface area contributed by atoms with Gasteiger partial charge in [0.1, 0.15) is 5.02 Å². The van der Waals surface area contributed by atoms with Crippen LogP contribution in [-0.4, -0.2) is 9.78 Å². The smallest absolute Gasteiger partial charge is 0.164 e. The van der Waals surface area contributed by atoms with Crippen molar-refractivity contribution in [1.82, 2.24) is 9.78 Å². The molecule has 1 heterocycles. The third-order valence-electron chi connectivity index (χ3n) is 2.02. The molecule has 0 saturated heterocycles. The average Bonchev–Trinajstić information content (AvgIpc) is 2.58. The first kappa shape index (κ1) is 11.0. The number of anilines is 1. The highest BCUT2D eigenvalue weighted by atomic mass is 79.9. The Morgan fingerprint density at radius 1 is 1.50 bits per heavy atom. The average molecular weight is 298 g/mol. The van der Waals surface area contributed by atoms with Crippen LogP contribution in [0, 0.1) is 11.3 Å². The molecular formula is C10H6BrClN4. The molecule has 0 aliphatic rings. The van der Waals surface area contributed by atoms with Crippen molar-refractivity contribution < 1.29 is 0 Å². The highest BCUT2D eigenvalue weighted by Crippen LogP contribution is 2.25. The summed E-state index contributed by atoms with van der Waals surface area (Å²) >= 11 is 9.18. The van der Waals surface area contributed by atoms with Gasteiger partial charge in [-0.2, -0.15) is 5.26 Å². The van der Waals surface area contributed by atoms with E-state index in [1.165, 1.54) is 0 Å². The van der Waals surface area contributed by atoms with Crippen molar-refractivity contribution >= 4 is 33.3 Å². The molecule has 2 rings (SSSR count). The summed E-state index contributed by atoms with van der Waals surface area (Å²) in [6, 6.07) is 7.23. The maximum Gasteiger partial charge on any atom is 0.164 e. The van der Waals surface area contributed by atoms with Gasteiger partial charge in [0, 0.05) is 4.47 Å². The Kier molecular flexibility index (Phi) is 2.86. The third-order valence-corrected chi connectivity index (χ3v) is 2.95. The first-order valence-corrected chi connectivity index (χ1v) is 5.49. The van der Waals surface area contributed by atoms with Crippen LogP contribution in [0.5, 0.6) is 0 Å². The Bertz CT molecular complexity index is 565. The molecular weight excluding hydrogens is 291 g/mol. The summed E-state index contributed by atoms with van der Waals surface area (Å²) in [5, 5.41) is 13.2. The summed E-state index contributed by atoms with van der Waals surface area (Å²) in [5.74, 6) is 0.276. The number of nitrogen functional groups attached to an aromatic ring is 1. The van der Waals surface area contributed by atoms with Gasteiger partial charge in [0.2, 0.25) is 0 Å². The molecule has 0 atom stereocenters. The van der Waals surface area contributed by atoms with Gasteiger partial charge in [-0.3, -0.25) is 0 Å². The lowest BCUT2D eigenvalue weighted by molar-refractivity contribution is 0.881. The maximum absolute atomic E-state index is 8.74. The first-order chi connectivity index (χ1) is 7.61. The van der Waals surface area contributed by atoms with Gasteiger partial charge in [-0.1, -0.05) is 11.6 Å². The molecule has 2 aromatic rings. The topological polar surface area (TPSA) is 67.6 Å². The van der Waals surface area contributed by atoms with Crippen molar-refractivity contribution in [1.29, 1.82) is 5.26 Å². The summed E-state index contributed by atoms with van der Waals surface area (Å²) in [4.78, 5) is 0. The molecule has 16 heavy (non-hydrogen) atoms. The van der Waals surface area contributed by atoms with Crippen LogP contribution in [0.3, 0.4) is 0 Å². The molecule has 0 bridgehead atoms. The zero-order chi connectivity index (χ0) is 11.7. The van der Waals surface area contributed by atoms with E-state index in [0.717, 1.165) is 10.2 Å². The fourth-order valence-electron chi connectivity index (χ4n) is 1.25. The zero-order valence-corrected chi connectivity index (χ0v) is 10.3. The van der Waals surface area contributed by atoms with Crippen molar-refractivity contribution in [3.8, 4) is 11.8 Å². The second-order valence-corrected chi connectivity index (χ2v) is 4.35. The molecule has 0 saturated carbocycles. The van der Waals surface area contributed by atoms with Crippen LogP contribution in [-0.2, 0) is 0 Å². The monoisotopic (exact) mass is 296 g/mol. The number of nitrogens with zero attached hydrogens (tertiary/aromatic N) is 3. The lowest BCUT2D eigenvalue weighted by atomic mass is 10.2. The van der Waals surface area contributed by atoms with Crippen LogP contribution in [0.2, 0.25) is 5.02 Å². The molecule has 80 valence electrons. The SMILES string of the molecule is N#Cc1ccc(-n2cc(Cl)c(N)n2)c(Br)c1. The molecule has 0 aliphatic carbocycles. The number of hydrogen-bond acceptors (Lipinski definition) is 3. The van der Waals surface area contributed by atoms with Gasteiger partial charge in [0.15, 0.2) is 5.82 Å². The van der Waals surface area contributed by atoms with Crippen LogP contribution in [0.4, 0.5) is 5.82 Å². The Morgan fingerprint density at radius 2 is 2.25 bits per heavy atom. The summed E-state index contributed by atoms with van der Waals surface area (Å²) in [5.41, 5.74) is 6.90. The van der Waals surface area contributed by atoms with Gasteiger partial charge in [-0.05, 0) is 34.1 Å². The van der Waals surface area contributed by atoms with E-state index in [-0.39, 0.29) is 5.82 Å². The van der Waals surface area contributed by atoms with Crippen LogP contribution in [0.15, 0.2) is 28.9 Å². The summed E-state index contributed by atoms with van der Waals surface area (Å²) in [6.45, 7) is 0. The highest BCUT2D eigenvalue weighted by molar-refractivity contribution is 9.10. The number of benzene rings is 1. The highest BCUT2D eigenvalue weighted by Gasteiger charge is 2.08. The van der Waals surface area contributed by atoms with Gasteiger partial charge >= 0.3 is 0 Å². The second-order valence-electron chi connectivity index (χ2n) is 3.08. The van der Waals surface area contributed by atoms with Crippen LogP contribution < -0.4 is 5.73 Å². The van der Waals surface area contributed by atoms with E-state index in [9.17, 15) is 0 Å². The minimum absolute atomic E-state index is 0.276. The van der Waals surface area contributed by atoms with Gasteiger partial charge in [-0.25, -0.2) is 4.68 Å². The van der Waals surface area contributed by atoms with Crippen LogP contribution in [0.25, 0.3) is 5.69 Å². The van der Waals surface area contributed by atoms with Crippen LogP contribution >= 0.6 is 27.5 Å². The van der Waals surface area contributed by atoms with Crippen molar-refractivity contribution in [2.45, 2.75) is 0 Å². The summed E-state index contributed by atoms with van der Waals surface area (Å²) < 4.78 is 2.31. The maximum atomic E-state index is 8.74. The van der Waals surface area contributed by atoms with E-state index in [4.69, 9.17) is 22.6 Å². The predicted molar refractivity (Wildman–Crippen MR) is 65.4 cm³/mol. The van der Waals surface area contributed by atoms with E-state index in [0.29, 0.717) is 10.6 Å². The Labute approximate surface area is 105 Å². The molecule has 1 aromatic heterocycles. The van der Waals surface area contributed by atoms with Crippen molar-refractivity contribution in [3.05, 3.63) is 39.5 Å². The van der Waals surface area contributed by atoms with Crippen LogP contribution in [0.1, 0.15) is 5.56 Å². The number of aromatic nitrogens is 2.